The van der Waals surface area contributed by atoms with Gasteiger partial charge >= 0.3 is 6.16 Å². The Kier molecular flexibility index (Phi) is 4.11. The summed E-state index contributed by atoms with van der Waals surface area (Å²) in [6, 6.07) is 0. The van der Waals surface area contributed by atoms with Gasteiger partial charge in [-0.05, 0) is 51.4 Å². The van der Waals surface area contributed by atoms with Crippen molar-refractivity contribution in [1.82, 2.24) is 0 Å². The third-order valence-corrected chi connectivity index (χ3v) is 3.00. The maximum Gasteiger partial charge on any atom is 0.509 e. The second kappa shape index (κ2) is 4.87. The van der Waals surface area contributed by atoms with E-state index in [1.165, 1.54) is 6.42 Å². The molecule has 100 valence electrons. The zero-order valence-electron chi connectivity index (χ0n) is 12.0. The third-order valence-electron chi connectivity index (χ3n) is 3.00. The number of hydrogen-bond donors (Lipinski definition) is 0. The molecular weight excluding hydrogens is 216 g/mol. The Morgan fingerprint density at radius 1 is 1.24 bits per heavy atom. The van der Waals surface area contributed by atoms with Crippen LogP contribution in [0.25, 0.3) is 0 Å². The molecule has 1 aliphatic carbocycles. The fourth-order valence-electron chi connectivity index (χ4n) is 2.76. The number of carbonyl (C=O) groups is 1. The first-order valence-corrected chi connectivity index (χ1v) is 6.47. The van der Waals surface area contributed by atoms with Crippen LogP contribution in [0.2, 0.25) is 0 Å². The number of hydrogen-bond acceptors (Lipinski definition) is 3. The highest BCUT2D eigenvalue weighted by molar-refractivity contribution is 5.60. The predicted molar refractivity (Wildman–Crippen MR) is 67.9 cm³/mol. The van der Waals surface area contributed by atoms with Crippen LogP contribution in [0.5, 0.6) is 0 Å². The standard InChI is InChI=1S/C14H26O3/c1-10-7-11(9-14(5,6)8-10)16-12(15)17-13(2,3)4/h10-11H,7-9H2,1-6H3. The zero-order chi connectivity index (χ0) is 13.3. The van der Waals surface area contributed by atoms with Crippen LogP contribution < -0.4 is 0 Å². The second-order valence-corrected chi connectivity index (χ2v) is 7.12. The molecule has 3 heteroatoms. The van der Waals surface area contributed by atoms with E-state index in [0.29, 0.717) is 5.92 Å². The van der Waals surface area contributed by atoms with Gasteiger partial charge in [0, 0.05) is 0 Å². The maximum atomic E-state index is 11.6. The lowest BCUT2D eigenvalue weighted by molar-refractivity contribution is -0.0513. The molecule has 3 nitrogen and oxygen atoms in total. The van der Waals surface area contributed by atoms with E-state index >= 15 is 0 Å². The molecule has 0 N–H and O–H groups in total. The predicted octanol–water partition coefficient (Wildman–Crippen LogP) is 4.15. The fraction of sp³-hybridized carbons (Fsp3) is 0.929. The van der Waals surface area contributed by atoms with Crippen molar-refractivity contribution < 1.29 is 14.3 Å². The van der Waals surface area contributed by atoms with Crippen LogP contribution in [-0.2, 0) is 9.47 Å². The molecule has 0 aromatic rings. The van der Waals surface area contributed by atoms with E-state index in [1.807, 2.05) is 20.8 Å². The van der Waals surface area contributed by atoms with E-state index < -0.39 is 11.8 Å². The molecule has 0 aliphatic heterocycles. The van der Waals surface area contributed by atoms with Gasteiger partial charge in [-0.1, -0.05) is 20.8 Å². The van der Waals surface area contributed by atoms with Crippen LogP contribution in [0, 0.1) is 11.3 Å². The lowest BCUT2D eigenvalue weighted by atomic mass is 9.71. The Hall–Kier alpha value is -0.730. The highest BCUT2D eigenvalue weighted by atomic mass is 16.7. The van der Waals surface area contributed by atoms with Crippen LogP contribution in [0.4, 0.5) is 4.79 Å². The SMILES string of the molecule is CC1CC(OC(=O)OC(C)(C)C)CC(C)(C)C1. The van der Waals surface area contributed by atoms with Crippen LogP contribution in [0.15, 0.2) is 0 Å². The maximum absolute atomic E-state index is 11.6. The van der Waals surface area contributed by atoms with Gasteiger partial charge in [0.2, 0.25) is 0 Å². The van der Waals surface area contributed by atoms with Gasteiger partial charge in [0.05, 0.1) is 0 Å². The lowest BCUT2D eigenvalue weighted by Gasteiger charge is -2.38. The molecule has 1 fully saturated rings. The zero-order valence-corrected chi connectivity index (χ0v) is 12.0. The van der Waals surface area contributed by atoms with Crippen LogP contribution in [-0.4, -0.2) is 17.9 Å². The summed E-state index contributed by atoms with van der Waals surface area (Å²) >= 11 is 0. The van der Waals surface area contributed by atoms with Crippen molar-refractivity contribution in [2.24, 2.45) is 11.3 Å². The van der Waals surface area contributed by atoms with Crippen LogP contribution in [0.1, 0.15) is 60.8 Å². The van der Waals surface area contributed by atoms with Gasteiger partial charge in [-0.3, -0.25) is 0 Å². The molecular formula is C14H26O3. The molecule has 0 saturated heterocycles. The Bertz CT molecular complexity index is 276. The van der Waals surface area contributed by atoms with Crippen molar-refractivity contribution in [2.75, 3.05) is 0 Å². The van der Waals surface area contributed by atoms with Gasteiger partial charge in [0.25, 0.3) is 0 Å². The quantitative estimate of drug-likeness (QED) is 0.648. The van der Waals surface area contributed by atoms with Gasteiger partial charge in [0.1, 0.15) is 11.7 Å². The normalized spacial score (nSPS) is 28.6. The molecule has 0 aromatic carbocycles. The molecule has 0 spiro atoms. The summed E-state index contributed by atoms with van der Waals surface area (Å²) < 4.78 is 10.6. The van der Waals surface area contributed by atoms with Crippen molar-refractivity contribution in [1.29, 1.82) is 0 Å². The molecule has 2 atom stereocenters. The first kappa shape index (κ1) is 14.3. The van der Waals surface area contributed by atoms with Crippen molar-refractivity contribution in [2.45, 2.75) is 72.5 Å². The second-order valence-electron chi connectivity index (χ2n) is 7.12. The minimum Gasteiger partial charge on any atom is -0.431 e. The van der Waals surface area contributed by atoms with Gasteiger partial charge in [-0.25, -0.2) is 4.79 Å². The molecule has 0 radical (unpaired) electrons. The summed E-state index contributed by atoms with van der Waals surface area (Å²) in [5.74, 6) is 0.603. The lowest BCUT2D eigenvalue weighted by Crippen LogP contribution is -2.35. The van der Waals surface area contributed by atoms with Crippen LogP contribution in [0.3, 0.4) is 0 Å². The number of carbonyl (C=O) groups excluding carboxylic acids is 1. The van der Waals surface area contributed by atoms with Crippen molar-refractivity contribution in [3.05, 3.63) is 0 Å². The van der Waals surface area contributed by atoms with E-state index in [1.54, 1.807) is 0 Å². The molecule has 0 aromatic heterocycles. The molecule has 2 unspecified atom stereocenters. The smallest absolute Gasteiger partial charge is 0.431 e. The minimum absolute atomic E-state index is 0.00333. The molecule has 0 heterocycles. The van der Waals surface area contributed by atoms with Crippen molar-refractivity contribution >= 4 is 6.16 Å². The molecule has 1 rings (SSSR count). The van der Waals surface area contributed by atoms with Gasteiger partial charge in [0.15, 0.2) is 0 Å². The minimum atomic E-state index is -0.535. The third kappa shape index (κ3) is 5.42. The Morgan fingerprint density at radius 3 is 2.29 bits per heavy atom. The van der Waals surface area contributed by atoms with E-state index in [2.05, 4.69) is 20.8 Å². The molecule has 1 saturated carbocycles. The van der Waals surface area contributed by atoms with E-state index in [9.17, 15) is 4.79 Å². The molecule has 0 amide bonds. The summed E-state index contributed by atoms with van der Waals surface area (Å²) in [6.45, 7) is 12.2. The van der Waals surface area contributed by atoms with E-state index in [4.69, 9.17) is 9.47 Å². The van der Waals surface area contributed by atoms with Crippen LogP contribution >= 0.6 is 0 Å². The highest BCUT2D eigenvalue weighted by Gasteiger charge is 2.34. The van der Waals surface area contributed by atoms with E-state index in [-0.39, 0.29) is 11.5 Å². The largest absolute Gasteiger partial charge is 0.509 e. The summed E-state index contributed by atoms with van der Waals surface area (Å²) in [5, 5.41) is 0. The van der Waals surface area contributed by atoms with Crippen molar-refractivity contribution in [3.63, 3.8) is 0 Å². The molecule has 17 heavy (non-hydrogen) atoms. The summed E-state index contributed by atoms with van der Waals surface area (Å²) in [7, 11) is 0. The molecule has 0 bridgehead atoms. The first-order valence-electron chi connectivity index (χ1n) is 6.47. The number of ether oxygens (including phenoxy) is 2. The molecule has 1 aliphatic rings. The Balaban J connectivity index is 2.49. The Morgan fingerprint density at radius 2 is 1.82 bits per heavy atom. The Labute approximate surface area is 105 Å². The summed E-state index contributed by atoms with van der Waals surface area (Å²) in [4.78, 5) is 11.6. The topological polar surface area (TPSA) is 35.5 Å². The number of rotatable bonds is 1. The summed E-state index contributed by atoms with van der Waals surface area (Å²) in [6.07, 6.45) is 2.54. The van der Waals surface area contributed by atoms with Gasteiger partial charge in [-0.15, -0.1) is 0 Å². The summed E-state index contributed by atoms with van der Waals surface area (Å²) in [5.41, 5.74) is -0.225. The first-order chi connectivity index (χ1) is 7.57. The van der Waals surface area contributed by atoms with E-state index in [0.717, 1.165) is 12.8 Å². The van der Waals surface area contributed by atoms with Gasteiger partial charge in [-0.2, -0.15) is 0 Å². The van der Waals surface area contributed by atoms with Gasteiger partial charge < -0.3 is 9.47 Å². The average Bonchev–Trinajstić information content (AvgIpc) is 1.93. The fourth-order valence-corrected chi connectivity index (χ4v) is 2.76. The average molecular weight is 242 g/mol. The highest BCUT2D eigenvalue weighted by Crippen LogP contribution is 2.39. The monoisotopic (exact) mass is 242 g/mol. The van der Waals surface area contributed by atoms with Crippen molar-refractivity contribution in [3.8, 4) is 0 Å².